The molecule has 0 spiro atoms. The highest BCUT2D eigenvalue weighted by atomic mass is 16.5. The molecule has 1 aliphatic heterocycles. The monoisotopic (exact) mass is 485 g/mol. The Morgan fingerprint density at radius 3 is 2.31 bits per heavy atom. The fourth-order valence-electron chi connectivity index (χ4n) is 4.12. The zero-order chi connectivity index (χ0) is 25.7. The number of H-pyrrole nitrogens is 1. The van der Waals surface area contributed by atoms with Gasteiger partial charge in [-0.25, -0.2) is 4.98 Å². The minimum atomic E-state index is -0.0637. The Labute approximate surface area is 210 Å². The molecular weight excluding hydrogens is 454 g/mol. The average molecular weight is 486 g/mol. The second-order valence-electron chi connectivity index (χ2n) is 8.46. The highest BCUT2D eigenvalue weighted by Gasteiger charge is 2.19. The molecule has 4 aromatic rings. The van der Waals surface area contributed by atoms with Crippen LogP contribution in [0.15, 0.2) is 60.8 Å². The second-order valence-corrected chi connectivity index (χ2v) is 8.46. The van der Waals surface area contributed by atoms with Gasteiger partial charge in [-0.1, -0.05) is 38.1 Å². The SMILES string of the molecule is CC.CN(C)C(=O)c1cccc(-c2[nH]nc3ncc(-c4cccc(C(=O)N5CCOCC5)c4)cc23)c1. The van der Waals surface area contributed by atoms with Crippen LogP contribution in [-0.2, 0) is 4.74 Å². The van der Waals surface area contributed by atoms with Crippen molar-refractivity contribution in [1.82, 2.24) is 25.0 Å². The summed E-state index contributed by atoms with van der Waals surface area (Å²) in [5.41, 5.74) is 5.25. The average Bonchev–Trinajstić information content (AvgIpc) is 3.37. The summed E-state index contributed by atoms with van der Waals surface area (Å²) in [6, 6.07) is 17.1. The lowest BCUT2D eigenvalue weighted by molar-refractivity contribution is 0.0303. The van der Waals surface area contributed by atoms with Crippen molar-refractivity contribution in [2.45, 2.75) is 13.8 Å². The van der Waals surface area contributed by atoms with Crippen molar-refractivity contribution in [3.8, 4) is 22.4 Å². The standard InChI is InChI=1S/C26H25N5O3.C2H6/c1-30(2)25(32)19-7-4-6-18(14-19)23-22-15-21(16-27-24(22)29-28-23)17-5-3-8-20(13-17)26(33)31-9-11-34-12-10-31;1-2/h3-8,13-16H,9-12H2,1-2H3,(H,27,28,29);1-2H3. The van der Waals surface area contributed by atoms with Crippen LogP contribution in [0.2, 0.25) is 0 Å². The van der Waals surface area contributed by atoms with E-state index < -0.39 is 0 Å². The number of ether oxygens (including phenoxy) is 1. The van der Waals surface area contributed by atoms with E-state index in [0.29, 0.717) is 43.1 Å². The van der Waals surface area contributed by atoms with Crippen LogP contribution in [0.1, 0.15) is 34.6 Å². The van der Waals surface area contributed by atoms with Crippen molar-refractivity contribution in [2.24, 2.45) is 0 Å². The molecule has 1 fully saturated rings. The minimum Gasteiger partial charge on any atom is -0.378 e. The van der Waals surface area contributed by atoms with Gasteiger partial charge in [0.2, 0.25) is 0 Å². The van der Waals surface area contributed by atoms with Gasteiger partial charge in [0.25, 0.3) is 11.8 Å². The van der Waals surface area contributed by atoms with Crippen LogP contribution < -0.4 is 0 Å². The van der Waals surface area contributed by atoms with Crippen LogP contribution in [0.25, 0.3) is 33.4 Å². The van der Waals surface area contributed by atoms with Crippen LogP contribution in [-0.4, -0.2) is 77.2 Å². The Balaban J connectivity index is 0.00000148. The number of hydrogen-bond donors (Lipinski definition) is 1. The Hall–Kier alpha value is -4.04. The lowest BCUT2D eigenvalue weighted by Gasteiger charge is -2.27. The molecule has 2 aromatic heterocycles. The molecule has 0 bridgehead atoms. The molecule has 186 valence electrons. The number of aromatic nitrogens is 3. The summed E-state index contributed by atoms with van der Waals surface area (Å²) in [6.45, 7) is 6.34. The van der Waals surface area contributed by atoms with Crippen molar-refractivity contribution in [1.29, 1.82) is 0 Å². The number of carbonyl (C=O) groups excluding carboxylic acids is 2. The first-order valence-electron chi connectivity index (χ1n) is 12.1. The van der Waals surface area contributed by atoms with Crippen LogP contribution in [0.4, 0.5) is 0 Å². The van der Waals surface area contributed by atoms with Crippen molar-refractivity contribution in [3.63, 3.8) is 0 Å². The van der Waals surface area contributed by atoms with E-state index in [-0.39, 0.29) is 11.8 Å². The van der Waals surface area contributed by atoms with E-state index in [4.69, 9.17) is 4.74 Å². The van der Waals surface area contributed by atoms with Gasteiger partial charge in [-0.05, 0) is 35.9 Å². The highest BCUT2D eigenvalue weighted by molar-refractivity contribution is 5.99. The van der Waals surface area contributed by atoms with Gasteiger partial charge in [0.15, 0.2) is 5.65 Å². The molecule has 0 saturated carbocycles. The minimum absolute atomic E-state index is 0.00515. The van der Waals surface area contributed by atoms with Crippen molar-refractivity contribution in [2.75, 3.05) is 40.4 Å². The topological polar surface area (TPSA) is 91.4 Å². The number of amides is 2. The Morgan fingerprint density at radius 2 is 1.58 bits per heavy atom. The number of hydrogen-bond acceptors (Lipinski definition) is 5. The van der Waals surface area contributed by atoms with Gasteiger partial charge in [0.1, 0.15) is 0 Å². The predicted molar refractivity (Wildman–Crippen MR) is 141 cm³/mol. The molecule has 1 saturated heterocycles. The van der Waals surface area contributed by atoms with E-state index >= 15 is 0 Å². The van der Waals surface area contributed by atoms with Gasteiger partial charge < -0.3 is 14.5 Å². The van der Waals surface area contributed by atoms with Crippen LogP contribution in [0, 0.1) is 0 Å². The first-order valence-corrected chi connectivity index (χ1v) is 12.1. The molecule has 8 heteroatoms. The Kier molecular flexibility index (Phi) is 7.75. The Bertz CT molecular complexity index is 1370. The fourth-order valence-corrected chi connectivity index (χ4v) is 4.12. The molecule has 36 heavy (non-hydrogen) atoms. The van der Waals surface area contributed by atoms with Gasteiger partial charge in [-0.2, -0.15) is 5.10 Å². The molecular formula is C28H31N5O3. The van der Waals surface area contributed by atoms with Crippen LogP contribution in [0.3, 0.4) is 0 Å². The maximum absolute atomic E-state index is 12.9. The molecule has 2 aromatic carbocycles. The lowest BCUT2D eigenvalue weighted by atomic mass is 10.0. The maximum atomic E-state index is 12.9. The molecule has 3 heterocycles. The van der Waals surface area contributed by atoms with Crippen molar-refractivity contribution in [3.05, 3.63) is 71.9 Å². The molecule has 0 atom stereocenters. The number of nitrogens with zero attached hydrogens (tertiary/aromatic N) is 4. The first-order chi connectivity index (χ1) is 17.5. The van der Waals surface area contributed by atoms with E-state index in [1.165, 1.54) is 0 Å². The van der Waals surface area contributed by atoms with Gasteiger partial charge in [-0.3, -0.25) is 14.7 Å². The summed E-state index contributed by atoms with van der Waals surface area (Å²) in [6.07, 6.45) is 1.76. The fraction of sp³-hybridized carbons (Fsp3) is 0.286. The third-order valence-electron chi connectivity index (χ3n) is 5.96. The number of aromatic amines is 1. The quantitative estimate of drug-likeness (QED) is 0.460. The summed E-state index contributed by atoms with van der Waals surface area (Å²) in [7, 11) is 3.46. The third kappa shape index (κ3) is 5.13. The molecule has 0 unspecified atom stereocenters. The van der Waals surface area contributed by atoms with E-state index in [2.05, 4.69) is 15.2 Å². The molecule has 5 rings (SSSR count). The largest absolute Gasteiger partial charge is 0.378 e. The molecule has 1 aliphatic rings. The van der Waals surface area contributed by atoms with E-state index in [0.717, 1.165) is 27.8 Å². The summed E-state index contributed by atoms with van der Waals surface area (Å²) in [4.78, 5) is 33.3. The van der Waals surface area contributed by atoms with Gasteiger partial charge in [0.05, 0.1) is 18.9 Å². The molecule has 1 N–H and O–H groups in total. The van der Waals surface area contributed by atoms with Crippen molar-refractivity contribution >= 4 is 22.8 Å². The number of fused-ring (bicyclic) bond motifs is 1. The Morgan fingerprint density at radius 1 is 0.917 bits per heavy atom. The number of carbonyl (C=O) groups is 2. The number of nitrogens with one attached hydrogen (secondary N) is 1. The second kappa shape index (κ2) is 11.1. The van der Waals surface area contributed by atoms with E-state index in [9.17, 15) is 9.59 Å². The molecule has 2 amide bonds. The zero-order valence-electron chi connectivity index (χ0n) is 21.1. The number of rotatable bonds is 4. The normalized spacial score (nSPS) is 13.2. The van der Waals surface area contributed by atoms with Gasteiger partial charge in [0, 0.05) is 61.0 Å². The van der Waals surface area contributed by atoms with Gasteiger partial charge in [-0.15, -0.1) is 0 Å². The highest BCUT2D eigenvalue weighted by Crippen LogP contribution is 2.30. The predicted octanol–water partition coefficient (Wildman–Crippen LogP) is 4.49. The third-order valence-corrected chi connectivity index (χ3v) is 5.96. The number of morpholine rings is 1. The van der Waals surface area contributed by atoms with E-state index in [1.54, 1.807) is 31.3 Å². The summed E-state index contributed by atoms with van der Waals surface area (Å²) in [5.74, 6) is -0.0585. The summed E-state index contributed by atoms with van der Waals surface area (Å²) >= 11 is 0. The number of benzene rings is 2. The summed E-state index contributed by atoms with van der Waals surface area (Å²) in [5, 5.41) is 8.25. The molecule has 0 aliphatic carbocycles. The lowest BCUT2D eigenvalue weighted by Crippen LogP contribution is -2.40. The van der Waals surface area contributed by atoms with Crippen LogP contribution in [0.5, 0.6) is 0 Å². The summed E-state index contributed by atoms with van der Waals surface area (Å²) < 4.78 is 5.36. The smallest absolute Gasteiger partial charge is 0.254 e. The van der Waals surface area contributed by atoms with E-state index in [1.807, 2.05) is 67.3 Å². The van der Waals surface area contributed by atoms with Gasteiger partial charge >= 0.3 is 0 Å². The molecule has 0 radical (unpaired) electrons. The maximum Gasteiger partial charge on any atom is 0.254 e. The molecule has 8 nitrogen and oxygen atoms in total. The number of pyridine rings is 1. The first kappa shape index (κ1) is 25.1. The zero-order valence-corrected chi connectivity index (χ0v) is 21.1. The van der Waals surface area contributed by atoms with Crippen LogP contribution >= 0.6 is 0 Å². The van der Waals surface area contributed by atoms with Crippen molar-refractivity contribution < 1.29 is 14.3 Å².